The molecule has 2 amide bonds. The van der Waals surface area contributed by atoms with Gasteiger partial charge in [0, 0.05) is 5.92 Å². The van der Waals surface area contributed by atoms with Crippen LogP contribution in [0.2, 0.25) is 0 Å². The van der Waals surface area contributed by atoms with Crippen molar-refractivity contribution in [1.82, 2.24) is 4.90 Å². The fourth-order valence-corrected chi connectivity index (χ4v) is 3.90. The summed E-state index contributed by atoms with van der Waals surface area (Å²) in [5, 5.41) is 10.6. The molecule has 0 bridgehead atoms. The molecule has 1 aliphatic heterocycles. The van der Waals surface area contributed by atoms with Crippen LogP contribution in [0.15, 0.2) is 42.0 Å². The molecule has 2 rings (SSSR count). The van der Waals surface area contributed by atoms with Gasteiger partial charge in [-0.25, -0.2) is 9.69 Å². The smallest absolute Gasteiger partial charge is 0.417 e. The summed E-state index contributed by atoms with van der Waals surface area (Å²) in [5.74, 6) is -2.80. The first-order chi connectivity index (χ1) is 14.2. The maximum Gasteiger partial charge on any atom is 0.417 e. The molecule has 1 heterocycles. The summed E-state index contributed by atoms with van der Waals surface area (Å²) >= 11 is 0. The van der Waals surface area contributed by atoms with E-state index in [0.717, 1.165) is 16.0 Å². The summed E-state index contributed by atoms with van der Waals surface area (Å²) in [7, 11) is 0. The number of rotatable bonds is 9. The monoisotopic (exact) mass is 415 g/mol. The van der Waals surface area contributed by atoms with Crippen molar-refractivity contribution in [3.05, 3.63) is 47.5 Å². The van der Waals surface area contributed by atoms with Gasteiger partial charge in [-0.05, 0) is 45.1 Å². The van der Waals surface area contributed by atoms with Crippen molar-refractivity contribution < 1.29 is 24.2 Å². The maximum atomic E-state index is 13.0. The number of aliphatic hydroxyl groups excluding tert-OH is 1. The quantitative estimate of drug-likeness (QED) is 0.490. The molecule has 1 aromatic carbocycles. The topological polar surface area (TPSA) is 83.9 Å². The third kappa shape index (κ3) is 5.57. The van der Waals surface area contributed by atoms with Crippen molar-refractivity contribution in [2.24, 2.45) is 17.8 Å². The third-order valence-corrected chi connectivity index (χ3v) is 5.99. The van der Waals surface area contributed by atoms with Crippen LogP contribution in [0.4, 0.5) is 4.79 Å². The molecule has 164 valence electrons. The van der Waals surface area contributed by atoms with Crippen LogP contribution in [0.25, 0.3) is 0 Å². The number of imide groups is 1. The van der Waals surface area contributed by atoms with Gasteiger partial charge < -0.3 is 9.84 Å². The van der Waals surface area contributed by atoms with Gasteiger partial charge >= 0.3 is 6.09 Å². The summed E-state index contributed by atoms with van der Waals surface area (Å²) in [6, 6.07) is 9.09. The van der Waals surface area contributed by atoms with E-state index < -0.39 is 36.0 Å². The molecule has 30 heavy (non-hydrogen) atoms. The second kappa shape index (κ2) is 10.5. The van der Waals surface area contributed by atoms with Gasteiger partial charge in [0.2, 0.25) is 5.91 Å². The zero-order valence-electron chi connectivity index (χ0n) is 18.5. The Morgan fingerprint density at radius 3 is 2.47 bits per heavy atom. The Kier molecular flexibility index (Phi) is 8.35. The Hall–Kier alpha value is -2.47. The Labute approximate surface area is 178 Å². The highest BCUT2D eigenvalue weighted by atomic mass is 16.6. The van der Waals surface area contributed by atoms with E-state index in [9.17, 15) is 19.5 Å². The number of carbonyl (C=O) groups is 3. The first-order valence-electron chi connectivity index (χ1n) is 10.5. The van der Waals surface area contributed by atoms with Crippen molar-refractivity contribution in [2.75, 3.05) is 6.61 Å². The molecule has 0 unspecified atom stereocenters. The SMILES string of the molecule is C/C=C(\C)C[C@H](C)[C@H](O)[C@@H](C)C(=O)[C@H](C)C(=O)N1C(=O)OC[C@@H]1Cc1ccccc1. The fraction of sp³-hybridized carbons (Fsp3) is 0.542. The molecule has 1 aliphatic rings. The van der Waals surface area contributed by atoms with E-state index in [1.165, 1.54) is 6.92 Å². The number of nitrogens with zero attached hydrogens (tertiary/aromatic N) is 1. The van der Waals surface area contributed by atoms with Gasteiger partial charge in [-0.2, -0.15) is 0 Å². The number of hydrogen-bond acceptors (Lipinski definition) is 5. The number of amides is 2. The summed E-state index contributed by atoms with van der Waals surface area (Å²) in [5.41, 5.74) is 2.11. The standard InChI is InChI=1S/C24H33NO5/c1-6-15(2)12-16(3)21(26)17(4)22(27)18(5)23(28)25-20(14-30-24(25)29)13-19-10-8-7-9-11-19/h6-11,16-18,20-21,26H,12-14H2,1-5H3/b15-6+/t16-,17+,18-,20-,21-/m0/s1. The predicted molar refractivity (Wildman–Crippen MR) is 115 cm³/mol. The maximum absolute atomic E-state index is 13.0. The molecule has 6 heteroatoms. The second-order valence-electron chi connectivity index (χ2n) is 8.35. The lowest BCUT2D eigenvalue weighted by atomic mass is 9.83. The molecule has 1 N–H and O–H groups in total. The number of carbonyl (C=O) groups excluding carboxylic acids is 3. The lowest BCUT2D eigenvalue weighted by Crippen LogP contribution is -2.47. The minimum atomic E-state index is -1.03. The second-order valence-corrected chi connectivity index (χ2v) is 8.35. The first kappa shape index (κ1) is 23.8. The Morgan fingerprint density at radius 2 is 1.87 bits per heavy atom. The highest BCUT2D eigenvalue weighted by Gasteiger charge is 2.43. The Morgan fingerprint density at radius 1 is 1.23 bits per heavy atom. The van der Waals surface area contributed by atoms with Gasteiger partial charge in [0.1, 0.15) is 12.4 Å². The number of hydrogen-bond donors (Lipinski definition) is 1. The molecule has 1 fully saturated rings. The summed E-state index contributed by atoms with van der Waals surface area (Å²) in [6.45, 7) is 9.06. The van der Waals surface area contributed by atoms with E-state index in [0.29, 0.717) is 12.8 Å². The largest absolute Gasteiger partial charge is 0.447 e. The van der Waals surface area contributed by atoms with Gasteiger partial charge in [-0.1, -0.05) is 55.8 Å². The van der Waals surface area contributed by atoms with Gasteiger partial charge in [-0.3, -0.25) is 9.59 Å². The number of aliphatic hydroxyl groups is 1. The van der Waals surface area contributed by atoms with Crippen LogP contribution in [-0.4, -0.2) is 46.5 Å². The van der Waals surface area contributed by atoms with Gasteiger partial charge in [0.25, 0.3) is 0 Å². The Balaban J connectivity index is 2.08. The summed E-state index contributed by atoms with van der Waals surface area (Å²) < 4.78 is 5.10. The number of cyclic esters (lactones) is 1. The highest BCUT2D eigenvalue weighted by Crippen LogP contribution is 2.25. The van der Waals surface area contributed by atoms with Gasteiger partial charge in [-0.15, -0.1) is 0 Å². The molecule has 1 saturated heterocycles. The molecule has 5 atom stereocenters. The molecule has 1 aromatic rings. The van der Waals surface area contributed by atoms with E-state index in [2.05, 4.69) is 0 Å². The zero-order valence-corrected chi connectivity index (χ0v) is 18.5. The van der Waals surface area contributed by atoms with E-state index in [4.69, 9.17) is 4.74 Å². The van der Waals surface area contributed by atoms with Crippen molar-refractivity contribution in [1.29, 1.82) is 0 Å². The van der Waals surface area contributed by atoms with Crippen LogP contribution >= 0.6 is 0 Å². The lowest BCUT2D eigenvalue weighted by Gasteiger charge is -2.28. The van der Waals surface area contributed by atoms with Crippen LogP contribution < -0.4 is 0 Å². The summed E-state index contributed by atoms with van der Waals surface area (Å²) in [4.78, 5) is 39.3. The lowest BCUT2D eigenvalue weighted by molar-refractivity contribution is -0.142. The third-order valence-electron chi connectivity index (χ3n) is 5.99. The van der Waals surface area contributed by atoms with E-state index in [-0.39, 0.29) is 18.3 Å². The number of ketones is 1. The van der Waals surface area contributed by atoms with Crippen LogP contribution in [0.3, 0.4) is 0 Å². The van der Waals surface area contributed by atoms with Crippen molar-refractivity contribution in [3.63, 3.8) is 0 Å². The van der Waals surface area contributed by atoms with Crippen molar-refractivity contribution in [3.8, 4) is 0 Å². The van der Waals surface area contributed by atoms with Crippen molar-refractivity contribution in [2.45, 2.75) is 59.6 Å². The van der Waals surface area contributed by atoms with E-state index >= 15 is 0 Å². The first-order valence-corrected chi connectivity index (χ1v) is 10.5. The van der Waals surface area contributed by atoms with Crippen LogP contribution in [0, 0.1) is 17.8 Å². The number of benzene rings is 1. The Bertz CT molecular complexity index is 788. The van der Waals surface area contributed by atoms with E-state index in [1.807, 2.05) is 57.2 Å². The fourth-order valence-electron chi connectivity index (χ4n) is 3.90. The number of allylic oxidation sites excluding steroid dienone is 2. The molecule has 0 radical (unpaired) electrons. The average molecular weight is 416 g/mol. The highest BCUT2D eigenvalue weighted by molar-refractivity contribution is 6.07. The van der Waals surface area contributed by atoms with Gasteiger partial charge in [0.05, 0.1) is 18.1 Å². The normalized spacial score (nSPS) is 21.0. The molecule has 0 aromatic heterocycles. The predicted octanol–water partition coefficient (Wildman–Crippen LogP) is 3.77. The van der Waals surface area contributed by atoms with Crippen LogP contribution in [0.5, 0.6) is 0 Å². The zero-order chi connectivity index (χ0) is 22.4. The number of Topliss-reactive ketones (excluding diaryl/α,β-unsaturated/α-hetero) is 1. The molecule has 0 aliphatic carbocycles. The minimum Gasteiger partial charge on any atom is -0.447 e. The molecular formula is C24H33NO5. The van der Waals surface area contributed by atoms with Crippen molar-refractivity contribution >= 4 is 17.8 Å². The molecule has 0 spiro atoms. The molecule has 6 nitrogen and oxygen atoms in total. The van der Waals surface area contributed by atoms with Crippen LogP contribution in [0.1, 0.15) is 46.6 Å². The number of ether oxygens (including phenoxy) is 1. The van der Waals surface area contributed by atoms with E-state index in [1.54, 1.807) is 6.92 Å². The van der Waals surface area contributed by atoms with Crippen LogP contribution in [-0.2, 0) is 20.7 Å². The minimum absolute atomic E-state index is 0.109. The average Bonchev–Trinajstić information content (AvgIpc) is 3.11. The molecule has 0 saturated carbocycles. The van der Waals surface area contributed by atoms with Gasteiger partial charge in [0.15, 0.2) is 0 Å². The summed E-state index contributed by atoms with van der Waals surface area (Å²) in [6.07, 6.45) is 1.54. The molecular weight excluding hydrogens is 382 g/mol.